The lowest BCUT2D eigenvalue weighted by molar-refractivity contribution is 0.286. The summed E-state index contributed by atoms with van der Waals surface area (Å²) in [4.78, 5) is 4.33. The summed E-state index contributed by atoms with van der Waals surface area (Å²) in [5, 5.41) is 20.0. The normalized spacial score (nSPS) is 17.4. The van der Waals surface area contributed by atoms with Crippen LogP contribution in [0.4, 0.5) is 34.1 Å². The Kier molecular flexibility index (Phi) is 6.83. The van der Waals surface area contributed by atoms with Gasteiger partial charge in [0.05, 0.1) is 11.8 Å². The summed E-state index contributed by atoms with van der Waals surface area (Å²) < 4.78 is 13.5. The monoisotopic (exact) mass is 676 g/mol. The summed E-state index contributed by atoms with van der Waals surface area (Å²) in [5.41, 5.74) is 10.3. The summed E-state index contributed by atoms with van der Waals surface area (Å²) in [6, 6.07) is 47.7. The first kappa shape index (κ1) is 29.9. The topological polar surface area (TPSA) is 65.4 Å². The molecular weight excluding hydrogens is 645 g/mol. The minimum Gasteiger partial charge on any atom is -0.508 e. The first-order valence-electron chi connectivity index (χ1n) is 17.4. The standard InChI is InChI=1S/C46H32N2O4/c49-35-17-11-31(12-18-35)47(29-7-3-1-4-8-29)33-15-21-37-39-23-26-42-46-40(24-25-41(45(39)46)51-43(37)27-33)38-22-16-34(28-44(38)52-42)48(30-9-5-2-6-10-30)32-13-19-36(50)20-14-32/h1-28,45-46,49-50H. The Balaban J connectivity index is 1.03. The van der Waals surface area contributed by atoms with Crippen molar-refractivity contribution in [1.29, 1.82) is 0 Å². The number of fused-ring (bicyclic) bond motifs is 4. The van der Waals surface area contributed by atoms with Gasteiger partial charge in [0, 0.05) is 57.4 Å². The second-order valence-corrected chi connectivity index (χ2v) is 13.3. The van der Waals surface area contributed by atoms with Gasteiger partial charge in [0.1, 0.15) is 34.5 Å². The van der Waals surface area contributed by atoms with Crippen molar-refractivity contribution in [1.82, 2.24) is 0 Å². The Morgan fingerprint density at radius 3 is 1.15 bits per heavy atom. The molecule has 0 saturated heterocycles. The van der Waals surface area contributed by atoms with Crippen LogP contribution in [0.3, 0.4) is 0 Å². The molecule has 0 saturated carbocycles. The van der Waals surface area contributed by atoms with Crippen molar-refractivity contribution < 1.29 is 19.7 Å². The molecular formula is C46H32N2O4. The second kappa shape index (κ2) is 11.9. The van der Waals surface area contributed by atoms with Crippen molar-refractivity contribution in [3.8, 4) is 23.0 Å². The minimum atomic E-state index is -0.00804. The third-order valence-electron chi connectivity index (χ3n) is 10.2. The molecule has 0 spiro atoms. The molecule has 2 unspecified atom stereocenters. The highest BCUT2D eigenvalue weighted by atomic mass is 16.5. The molecule has 6 heteroatoms. The van der Waals surface area contributed by atoms with Crippen LogP contribution < -0.4 is 19.3 Å². The maximum Gasteiger partial charge on any atom is 0.136 e. The predicted octanol–water partition coefficient (Wildman–Crippen LogP) is 11.3. The highest BCUT2D eigenvalue weighted by molar-refractivity contribution is 5.90. The van der Waals surface area contributed by atoms with Crippen molar-refractivity contribution in [2.45, 2.75) is 0 Å². The van der Waals surface area contributed by atoms with Crippen molar-refractivity contribution in [3.05, 3.63) is 193 Å². The van der Waals surface area contributed by atoms with E-state index in [4.69, 9.17) is 9.47 Å². The third-order valence-corrected chi connectivity index (χ3v) is 10.2. The molecule has 2 aliphatic heterocycles. The number of phenolic OH excluding ortho intramolecular Hbond substituents is 2. The number of hydrogen-bond acceptors (Lipinski definition) is 6. The molecule has 0 aromatic heterocycles. The zero-order valence-electron chi connectivity index (χ0n) is 27.9. The van der Waals surface area contributed by atoms with Crippen molar-refractivity contribution in [3.63, 3.8) is 0 Å². The number of aromatic hydroxyl groups is 2. The Morgan fingerprint density at radius 2 is 0.750 bits per heavy atom. The number of nitrogens with zero attached hydrogens (tertiary/aromatic N) is 2. The number of phenols is 2. The molecule has 10 rings (SSSR count). The summed E-state index contributed by atoms with van der Waals surface area (Å²) in [7, 11) is 0. The van der Waals surface area contributed by atoms with Crippen LogP contribution >= 0.6 is 0 Å². The van der Waals surface area contributed by atoms with E-state index < -0.39 is 0 Å². The quantitative estimate of drug-likeness (QED) is 0.183. The maximum atomic E-state index is 9.99. The number of benzene rings is 6. The molecule has 6 nitrogen and oxygen atoms in total. The van der Waals surface area contributed by atoms with E-state index in [1.165, 1.54) is 11.1 Å². The molecule has 6 aromatic rings. The van der Waals surface area contributed by atoms with Gasteiger partial charge in [-0.2, -0.15) is 0 Å². The molecule has 2 heterocycles. The average molecular weight is 677 g/mol. The van der Waals surface area contributed by atoms with Gasteiger partial charge >= 0.3 is 0 Å². The van der Waals surface area contributed by atoms with E-state index in [1.807, 2.05) is 60.7 Å². The van der Waals surface area contributed by atoms with Crippen LogP contribution in [0.1, 0.15) is 11.1 Å². The first-order valence-corrected chi connectivity index (χ1v) is 17.4. The fraction of sp³-hybridized carbons (Fsp3) is 0.0435. The highest BCUT2D eigenvalue weighted by Gasteiger charge is 2.46. The van der Waals surface area contributed by atoms with Gasteiger partial charge in [-0.3, -0.25) is 0 Å². The van der Waals surface area contributed by atoms with E-state index in [0.717, 1.165) is 68.3 Å². The van der Waals surface area contributed by atoms with E-state index in [0.29, 0.717) is 0 Å². The number of para-hydroxylation sites is 2. The first-order chi connectivity index (χ1) is 25.6. The zero-order chi connectivity index (χ0) is 34.8. The maximum absolute atomic E-state index is 9.99. The number of allylic oxidation sites excluding steroid dienone is 6. The summed E-state index contributed by atoms with van der Waals surface area (Å²) in [6.07, 6.45) is 8.61. The minimum absolute atomic E-state index is 0.00804. The smallest absolute Gasteiger partial charge is 0.136 e. The van der Waals surface area contributed by atoms with Crippen LogP contribution in [0.15, 0.2) is 181 Å². The van der Waals surface area contributed by atoms with E-state index in [9.17, 15) is 10.2 Å². The fourth-order valence-electron chi connectivity index (χ4n) is 7.91. The Hall–Kier alpha value is -6.92. The van der Waals surface area contributed by atoms with Crippen LogP contribution in [-0.4, -0.2) is 10.2 Å². The van der Waals surface area contributed by atoms with Crippen LogP contribution in [0.2, 0.25) is 0 Å². The van der Waals surface area contributed by atoms with Gasteiger partial charge in [-0.1, -0.05) is 48.6 Å². The molecule has 0 radical (unpaired) electrons. The lowest BCUT2D eigenvalue weighted by Crippen LogP contribution is -2.34. The molecule has 0 amide bonds. The summed E-state index contributed by atoms with van der Waals surface area (Å²) >= 11 is 0. The molecule has 6 aromatic carbocycles. The van der Waals surface area contributed by atoms with Crippen molar-refractivity contribution in [2.75, 3.05) is 9.80 Å². The van der Waals surface area contributed by atoms with Gasteiger partial charge in [-0.25, -0.2) is 0 Å². The fourth-order valence-corrected chi connectivity index (χ4v) is 7.91. The molecule has 0 bridgehead atoms. The number of hydrogen-bond donors (Lipinski definition) is 2. The van der Waals surface area contributed by atoms with Gasteiger partial charge in [-0.05, 0) is 120 Å². The summed E-state index contributed by atoms with van der Waals surface area (Å²) in [6.45, 7) is 0. The lowest BCUT2D eigenvalue weighted by Gasteiger charge is -2.44. The Bertz CT molecular complexity index is 2310. The van der Waals surface area contributed by atoms with Crippen LogP contribution in [0.5, 0.6) is 23.0 Å². The van der Waals surface area contributed by atoms with Gasteiger partial charge in [0.15, 0.2) is 0 Å². The van der Waals surface area contributed by atoms with E-state index in [1.54, 1.807) is 24.3 Å². The lowest BCUT2D eigenvalue weighted by atomic mass is 9.68. The van der Waals surface area contributed by atoms with Gasteiger partial charge in [-0.15, -0.1) is 0 Å². The molecule has 2 atom stereocenters. The number of ether oxygens (including phenoxy) is 2. The van der Waals surface area contributed by atoms with E-state index in [2.05, 4.69) is 94.8 Å². The average Bonchev–Trinajstić information content (AvgIpc) is 3.19. The number of anilines is 6. The van der Waals surface area contributed by atoms with Crippen molar-refractivity contribution in [2.24, 2.45) is 11.8 Å². The SMILES string of the molecule is Oc1ccc(N(c2ccccc2)c2ccc3c(c2)OC2=CC=C4c5ccc(N(c6ccccc6)c6ccc(O)cc6)cc5OC5=CC=C3C2C54)cc1. The second-order valence-electron chi connectivity index (χ2n) is 13.3. The van der Waals surface area contributed by atoms with Gasteiger partial charge in [0.2, 0.25) is 0 Å². The summed E-state index contributed by atoms with van der Waals surface area (Å²) in [5.74, 6) is 3.84. The third kappa shape index (κ3) is 4.88. The van der Waals surface area contributed by atoms with Crippen LogP contribution in [0.25, 0.3) is 11.1 Å². The molecule has 0 fully saturated rings. The van der Waals surface area contributed by atoms with E-state index >= 15 is 0 Å². The van der Waals surface area contributed by atoms with E-state index in [-0.39, 0.29) is 23.3 Å². The largest absolute Gasteiger partial charge is 0.508 e. The van der Waals surface area contributed by atoms with Crippen LogP contribution in [0, 0.1) is 11.8 Å². The molecule has 52 heavy (non-hydrogen) atoms. The molecule has 2 aliphatic carbocycles. The van der Waals surface area contributed by atoms with Gasteiger partial charge < -0.3 is 29.5 Å². The molecule has 2 N–H and O–H groups in total. The zero-order valence-corrected chi connectivity index (χ0v) is 27.9. The number of rotatable bonds is 6. The van der Waals surface area contributed by atoms with Crippen LogP contribution in [-0.2, 0) is 0 Å². The van der Waals surface area contributed by atoms with Gasteiger partial charge in [0.25, 0.3) is 0 Å². The van der Waals surface area contributed by atoms with Crippen molar-refractivity contribution >= 4 is 45.3 Å². The molecule has 250 valence electrons. The predicted molar refractivity (Wildman–Crippen MR) is 206 cm³/mol. The molecule has 4 aliphatic rings. The Morgan fingerprint density at radius 1 is 0.385 bits per heavy atom. The highest BCUT2D eigenvalue weighted by Crippen LogP contribution is 2.58. The Labute approximate surface area is 301 Å².